The minimum atomic E-state index is -5.37. The zero-order chi connectivity index (χ0) is 44.0. The molecule has 29 heteroatoms. The number of nitrogens with zero attached hydrogens (tertiary/aromatic N) is 5. The van der Waals surface area contributed by atoms with Crippen LogP contribution in [-0.4, -0.2) is 92.7 Å². The van der Waals surface area contributed by atoms with Crippen LogP contribution in [0.5, 0.6) is 5.75 Å². The Balaban J connectivity index is 1.48. The highest BCUT2D eigenvalue weighted by Gasteiger charge is 2.27. The quantitative estimate of drug-likeness (QED) is 0.0571. The molecule has 5 aromatic carbocycles. The number of fused-ring (bicyclic) bond motifs is 2. The van der Waals surface area contributed by atoms with Crippen LogP contribution >= 0.6 is 11.6 Å². The molecule has 0 bridgehead atoms. The van der Waals surface area contributed by atoms with Crippen LogP contribution < -0.4 is 10.6 Å². The van der Waals surface area contributed by atoms with Crippen molar-refractivity contribution in [3.8, 4) is 5.75 Å². The lowest BCUT2D eigenvalue weighted by atomic mass is 10.1. The van der Waals surface area contributed by atoms with E-state index in [1.807, 2.05) is 0 Å². The Labute approximate surface area is 343 Å². The zero-order valence-corrected chi connectivity index (χ0v) is 34.1. The minimum Gasteiger partial charge on any atom is -0.505 e. The van der Waals surface area contributed by atoms with Crippen LogP contribution in [0, 0.1) is 0 Å². The number of sulfone groups is 1. The van der Waals surface area contributed by atoms with Crippen LogP contribution in [0.25, 0.3) is 21.5 Å². The third kappa shape index (κ3) is 9.90. The maximum absolute atomic E-state index is 13.0. The summed E-state index contributed by atoms with van der Waals surface area (Å²) in [5.74, 6) is -3.09. The summed E-state index contributed by atoms with van der Waals surface area (Å²) in [5, 5.41) is 23.0. The van der Waals surface area contributed by atoms with Crippen LogP contribution in [0.1, 0.15) is 0 Å². The predicted octanol–water partition coefficient (Wildman–Crippen LogP) is 4.77. The van der Waals surface area contributed by atoms with Gasteiger partial charge in [0.15, 0.2) is 15.6 Å². The molecule has 0 saturated carbocycles. The Hall–Kier alpha value is -5.53. The van der Waals surface area contributed by atoms with Crippen molar-refractivity contribution < 1.29 is 69.6 Å². The molecule has 1 heterocycles. The summed E-state index contributed by atoms with van der Waals surface area (Å²) >= 11 is 6.13. The number of benzene rings is 5. The second-order valence-electron chi connectivity index (χ2n) is 12.0. The fourth-order valence-corrected chi connectivity index (χ4v) is 9.45. The molecular formula is C31H24ClN7O16S5. The van der Waals surface area contributed by atoms with Crippen LogP contribution in [-0.2, 0) is 54.8 Å². The van der Waals surface area contributed by atoms with Gasteiger partial charge in [0.05, 0.1) is 33.5 Å². The number of aromatic nitrogens is 3. The molecule has 0 spiro atoms. The van der Waals surface area contributed by atoms with Crippen molar-refractivity contribution in [3.05, 3.63) is 84.1 Å². The zero-order valence-electron chi connectivity index (χ0n) is 29.3. The highest BCUT2D eigenvalue weighted by Crippen LogP contribution is 2.46. The van der Waals surface area contributed by atoms with Gasteiger partial charge in [-0.05, 0) is 58.8 Å². The minimum absolute atomic E-state index is 0.0151. The molecule has 6 aromatic rings. The van der Waals surface area contributed by atoms with Crippen LogP contribution in [0.4, 0.5) is 34.6 Å². The largest absolute Gasteiger partial charge is 0.505 e. The molecule has 0 amide bonds. The first-order valence-electron chi connectivity index (χ1n) is 15.9. The smallest absolute Gasteiger partial charge is 0.397 e. The van der Waals surface area contributed by atoms with Gasteiger partial charge in [-0.2, -0.15) is 48.6 Å². The van der Waals surface area contributed by atoms with Crippen molar-refractivity contribution in [3.63, 3.8) is 0 Å². The van der Waals surface area contributed by atoms with Crippen molar-refractivity contribution in [2.75, 3.05) is 23.0 Å². The Bertz CT molecular complexity index is 3360. The standard InChI is InChI=1S/C31H24ClN7O16S5/c32-29-35-30(33-20-7-3-4-8-23(20)56(41,42)12-11-55-60(52,53)54)37-31(36-29)34-22-15-18(57(43,44)45)13-17-14-24(58(46,47)48)26(27(40)25(17)22)39-38-21-10-9-16-5-1-2-6-19(16)28(21)59(49,50)51/h1-10,13-15,40H,11-12H2,(H,43,44,45)(H,46,47,48)(H,49,50,51)(H,52,53,54)(H2,33,34,35,36,37). The number of azo groups is 1. The Morgan fingerprint density at radius 2 is 1.28 bits per heavy atom. The van der Waals surface area contributed by atoms with E-state index in [2.05, 4.69) is 40.0 Å². The lowest BCUT2D eigenvalue weighted by Crippen LogP contribution is -2.16. The number of hydrogen-bond acceptors (Lipinski definition) is 19. The van der Waals surface area contributed by atoms with E-state index in [0.29, 0.717) is 17.5 Å². The average Bonchev–Trinajstić information content (AvgIpc) is 3.12. The van der Waals surface area contributed by atoms with Gasteiger partial charge in [0, 0.05) is 10.8 Å². The first kappa shape index (κ1) is 44.0. The fourth-order valence-electron chi connectivity index (χ4n) is 5.59. The summed E-state index contributed by atoms with van der Waals surface area (Å²) in [6, 6.07) is 15.6. The SMILES string of the molecule is O=S(=O)(O)OCCS(=O)(=O)c1ccccc1Nc1nc(Cl)nc(Nc2cc(S(=O)(=O)O)cc3cc(S(=O)(=O)O)c(N=Nc4ccc5ccccc5c4S(=O)(=O)O)c(O)c23)n1. The number of phenols is 1. The summed E-state index contributed by atoms with van der Waals surface area (Å²) < 4.78 is 166. The van der Waals surface area contributed by atoms with Crippen LogP contribution in [0.15, 0.2) is 109 Å². The molecule has 0 fully saturated rings. The number of hydrogen-bond donors (Lipinski definition) is 7. The Kier molecular flexibility index (Phi) is 11.9. The van der Waals surface area contributed by atoms with E-state index in [4.69, 9.17) is 16.2 Å². The van der Waals surface area contributed by atoms with E-state index in [9.17, 15) is 60.9 Å². The highest BCUT2D eigenvalue weighted by atomic mass is 35.5. The maximum Gasteiger partial charge on any atom is 0.397 e. The molecule has 0 radical (unpaired) electrons. The van der Waals surface area contributed by atoms with Crippen molar-refractivity contribution in [2.24, 2.45) is 10.2 Å². The van der Waals surface area contributed by atoms with E-state index in [0.717, 1.165) is 18.2 Å². The van der Waals surface area contributed by atoms with Gasteiger partial charge in [0.25, 0.3) is 30.4 Å². The van der Waals surface area contributed by atoms with E-state index >= 15 is 0 Å². The predicted molar refractivity (Wildman–Crippen MR) is 211 cm³/mol. The third-order valence-corrected chi connectivity index (χ3v) is 13.0. The summed E-state index contributed by atoms with van der Waals surface area (Å²) in [4.78, 5) is 8.55. The molecule has 1 aromatic heterocycles. The summed E-state index contributed by atoms with van der Waals surface area (Å²) in [7, 11) is -24.8. The normalized spacial score (nSPS) is 12.9. The molecular weight excluding hydrogens is 922 g/mol. The van der Waals surface area contributed by atoms with Gasteiger partial charge in [-0.1, -0.05) is 42.5 Å². The number of nitrogens with one attached hydrogen (secondary N) is 2. The van der Waals surface area contributed by atoms with E-state index in [-0.39, 0.29) is 11.1 Å². The number of para-hydroxylation sites is 1. The first-order chi connectivity index (χ1) is 27.8. The molecule has 7 N–H and O–H groups in total. The number of phenolic OH excluding ortho intramolecular Hbond substituents is 1. The van der Waals surface area contributed by atoms with Gasteiger partial charge >= 0.3 is 10.4 Å². The average molecular weight is 946 g/mol. The highest BCUT2D eigenvalue weighted by molar-refractivity contribution is 7.91. The van der Waals surface area contributed by atoms with E-state index in [1.165, 1.54) is 42.5 Å². The van der Waals surface area contributed by atoms with Gasteiger partial charge < -0.3 is 15.7 Å². The summed E-state index contributed by atoms with van der Waals surface area (Å²) in [5.41, 5.74) is -2.28. The van der Waals surface area contributed by atoms with E-state index < -0.39 is 133 Å². The molecule has 0 aliphatic heterocycles. The van der Waals surface area contributed by atoms with Crippen molar-refractivity contribution >= 4 is 118 Å². The molecule has 23 nitrogen and oxygen atoms in total. The molecule has 0 atom stereocenters. The van der Waals surface area contributed by atoms with Crippen molar-refractivity contribution in [1.82, 2.24) is 15.0 Å². The number of anilines is 4. The number of aromatic hydroxyl groups is 1. The van der Waals surface area contributed by atoms with Crippen molar-refractivity contribution in [2.45, 2.75) is 19.6 Å². The molecule has 316 valence electrons. The second kappa shape index (κ2) is 16.2. The van der Waals surface area contributed by atoms with Crippen molar-refractivity contribution in [1.29, 1.82) is 0 Å². The van der Waals surface area contributed by atoms with Gasteiger partial charge in [-0.15, -0.1) is 10.2 Å². The van der Waals surface area contributed by atoms with Gasteiger partial charge in [-0.3, -0.25) is 18.2 Å². The van der Waals surface area contributed by atoms with Gasteiger partial charge in [-0.25, -0.2) is 12.6 Å². The fraction of sp³-hybridized carbons (Fsp3) is 0.0645. The van der Waals surface area contributed by atoms with Crippen LogP contribution in [0.2, 0.25) is 5.28 Å². The summed E-state index contributed by atoms with van der Waals surface area (Å²) in [6.07, 6.45) is 0. The Morgan fingerprint density at radius 3 is 1.92 bits per heavy atom. The topological polar surface area (TPSA) is 369 Å². The molecule has 60 heavy (non-hydrogen) atoms. The summed E-state index contributed by atoms with van der Waals surface area (Å²) in [6.45, 7) is -0.950. The maximum atomic E-state index is 13.0. The monoisotopic (exact) mass is 945 g/mol. The van der Waals surface area contributed by atoms with E-state index in [1.54, 1.807) is 6.07 Å². The molecule has 6 rings (SSSR count). The molecule has 0 unspecified atom stereocenters. The second-order valence-corrected chi connectivity index (χ2v) is 19.6. The number of rotatable bonds is 14. The number of halogens is 1. The lowest BCUT2D eigenvalue weighted by molar-refractivity contribution is 0.284. The Morgan fingerprint density at radius 1 is 0.650 bits per heavy atom. The van der Waals surface area contributed by atoms with Gasteiger partial charge in [0.2, 0.25) is 17.2 Å². The van der Waals surface area contributed by atoms with Gasteiger partial charge in [0.1, 0.15) is 21.2 Å². The molecule has 0 aliphatic carbocycles. The van der Waals surface area contributed by atoms with Crippen LogP contribution in [0.3, 0.4) is 0 Å². The first-order valence-corrected chi connectivity index (χ1v) is 23.6. The molecule has 0 aliphatic rings. The molecule has 0 saturated heterocycles. The third-order valence-electron chi connectivity index (χ3n) is 7.98. The lowest BCUT2D eigenvalue weighted by Gasteiger charge is -2.16.